The van der Waals surface area contributed by atoms with E-state index in [2.05, 4.69) is 12.6 Å². The summed E-state index contributed by atoms with van der Waals surface area (Å²) in [7, 11) is 0. The monoisotopic (exact) mass is 118 g/mol. The Kier molecular flexibility index (Phi) is 246. The summed E-state index contributed by atoms with van der Waals surface area (Å²) >= 11 is 3.70. The largest absolute Gasteiger partial charge is 1.00 e. The first-order chi connectivity index (χ1) is 1.41. The van der Waals surface area contributed by atoms with Gasteiger partial charge in [0.2, 0.25) is 0 Å². The van der Waals surface area contributed by atoms with E-state index < -0.39 is 0 Å². The molecule has 0 aromatic heterocycles. The van der Waals surface area contributed by atoms with Crippen LogP contribution >= 0.6 is 0 Å². The Hall–Kier alpha value is 0.557. The van der Waals surface area contributed by atoms with E-state index in [1.165, 1.54) is 5.40 Å². The summed E-state index contributed by atoms with van der Waals surface area (Å²) in [6, 6.07) is 0. The van der Waals surface area contributed by atoms with E-state index in [9.17, 15) is 0 Å². The third-order valence-corrected chi connectivity index (χ3v) is 0. The summed E-state index contributed by atoms with van der Waals surface area (Å²) < 4.78 is 0. The molecule has 0 bridgehead atoms. The van der Waals surface area contributed by atoms with Gasteiger partial charge in [0.05, 0.1) is 0 Å². The van der Waals surface area contributed by atoms with Crippen molar-refractivity contribution in [3.05, 3.63) is 0 Å². The van der Waals surface area contributed by atoms with Crippen LogP contribution in [-0.4, -0.2) is 0 Å². The molecular weight excluding hydrogens is 114 g/mol. The normalized spacial score (nSPS) is 1.17. The molecule has 0 aliphatic carbocycles. The Bertz CT molecular complexity index is 35.0. The average Bonchev–Trinajstić information content (AvgIpc) is 0.918. The Morgan fingerprint density at radius 1 is 1.50 bits per heavy atom. The first kappa shape index (κ1) is 31.0. The number of rotatable bonds is 0. The zero-order valence-corrected chi connectivity index (χ0v) is 5.31. The predicted molar refractivity (Wildman–Crippen MR) is 19.0 cm³/mol. The summed E-state index contributed by atoms with van der Waals surface area (Å²) in [5, 5.41) is 8.47. The summed E-state index contributed by atoms with van der Waals surface area (Å²) in [6.45, 7) is 0. The minimum atomic E-state index is 0. The molecular formula is CH4ClLiN2S. The van der Waals surface area contributed by atoms with Gasteiger partial charge in [0.15, 0.2) is 0 Å². The molecule has 0 saturated heterocycles. The maximum atomic E-state index is 7.13. The summed E-state index contributed by atoms with van der Waals surface area (Å²) in [4.78, 5) is 0. The summed E-state index contributed by atoms with van der Waals surface area (Å²) in [5.74, 6) is 0. The maximum absolute atomic E-state index is 7.13. The molecule has 0 heterocycles. The van der Waals surface area contributed by atoms with Gasteiger partial charge < -0.3 is 31.2 Å². The van der Waals surface area contributed by atoms with Crippen molar-refractivity contribution in [2.45, 2.75) is 0 Å². The number of nitrogens with zero attached hydrogens (tertiary/aromatic N) is 1. The minimum absolute atomic E-state index is 0. The number of quaternary nitrogens is 1. The van der Waals surface area contributed by atoms with Crippen molar-refractivity contribution < 1.29 is 31.3 Å². The fourth-order valence-electron chi connectivity index (χ4n) is 0. The Labute approximate surface area is 60.9 Å². The van der Waals surface area contributed by atoms with Crippen LogP contribution in [0.15, 0.2) is 0 Å². The van der Waals surface area contributed by atoms with E-state index in [1.807, 2.05) is 0 Å². The molecule has 0 aliphatic rings. The minimum Gasteiger partial charge on any atom is -1.00 e. The molecule has 0 fully saturated rings. The predicted octanol–water partition coefficient (Wildman–Crippen LogP) is -5.60. The van der Waals surface area contributed by atoms with E-state index in [0.29, 0.717) is 0 Å². The van der Waals surface area contributed by atoms with Crippen molar-refractivity contribution in [2.24, 2.45) is 0 Å². The van der Waals surface area contributed by atoms with Gasteiger partial charge in [0.1, 0.15) is 0 Å². The van der Waals surface area contributed by atoms with Gasteiger partial charge >= 0.3 is 18.9 Å². The number of hydrogen-bond donors (Lipinski definition) is 1. The average molecular weight is 119 g/mol. The van der Waals surface area contributed by atoms with E-state index >= 15 is 0 Å². The number of thiocyanates is 1. The van der Waals surface area contributed by atoms with E-state index in [1.54, 1.807) is 0 Å². The molecule has 0 rings (SSSR count). The second-order valence-electron chi connectivity index (χ2n) is 0.0913. The van der Waals surface area contributed by atoms with Crippen molar-refractivity contribution in [1.29, 1.82) is 5.26 Å². The van der Waals surface area contributed by atoms with E-state index in [-0.39, 0.29) is 37.4 Å². The zero-order chi connectivity index (χ0) is 2.71. The van der Waals surface area contributed by atoms with E-state index in [0.717, 1.165) is 0 Å². The molecule has 0 aliphatic heterocycles. The molecule has 0 aromatic rings. The Morgan fingerprint density at radius 2 is 1.50 bits per heavy atom. The molecule has 0 atom stereocenters. The van der Waals surface area contributed by atoms with Crippen LogP contribution in [0.4, 0.5) is 0 Å². The van der Waals surface area contributed by atoms with Crippen LogP contribution in [0.25, 0.3) is 0 Å². The third kappa shape index (κ3) is 186. The fraction of sp³-hybridized carbons (Fsp3) is 0. The molecule has 5 heteroatoms. The number of hydrogen-bond acceptors (Lipinski definition) is 2. The van der Waals surface area contributed by atoms with Gasteiger partial charge in [0.25, 0.3) is 0 Å². The topological polar surface area (TPSA) is 60.3 Å². The SMILES string of the molecule is N#C[S-].[Cl-].[Li+].[NH4+]. The molecule has 6 heavy (non-hydrogen) atoms. The first-order valence-electron chi connectivity index (χ1n) is 0.428. The van der Waals surface area contributed by atoms with Crippen LogP contribution in [0.5, 0.6) is 0 Å². The van der Waals surface area contributed by atoms with Crippen LogP contribution in [0.1, 0.15) is 0 Å². The van der Waals surface area contributed by atoms with Crippen LogP contribution in [0, 0.1) is 10.7 Å². The van der Waals surface area contributed by atoms with Gasteiger partial charge in [-0.25, -0.2) is 5.26 Å². The van der Waals surface area contributed by atoms with E-state index in [4.69, 9.17) is 5.26 Å². The molecule has 0 radical (unpaired) electrons. The smallest absolute Gasteiger partial charge is 1.00 e. The first-order valence-corrected chi connectivity index (χ1v) is 0.836. The molecule has 0 spiro atoms. The van der Waals surface area contributed by atoms with Crippen LogP contribution in [-0.2, 0) is 12.6 Å². The third-order valence-electron chi connectivity index (χ3n) is 0. The number of halogens is 1. The Morgan fingerprint density at radius 3 is 1.50 bits per heavy atom. The van der Waals surface area contributed by atoms with Crippen molar-refractivity contribution in [2.75, 3.05) is 0 Å². The molecule has 4 N–H and O–H groups in total. The van der Waals surface area contributed by atoms with Gasteiger partial charge in [0, 0.05) is 0 Å². The second-order valence-corrected chi connectivity index (χ2v) is 0.274. The molecule has 2 nitrogen and oxygen atoms in total. The van der Waals surface area contributed by atoms with Gasteiger partial charge in [-0.3, -0.25) is 0 Å². The van der Waals surface area contributed by atoms with Crippen LogP contribution in [0.2, 0.25) is 0 Å². The van der Waals surface area contributed by atoms with Gasteiger partial charge in [-0.05, 0) is 0 Å². The number of nitriles is 1. The van der Waals surface area contributed by atoms with Crippen LogP contribution in [0.3, 0.4) is 0 Å². The standard InChI is InChI=1S/CHNS.ClH.Li.H3N/c2-1-3;;;/h3H;1H;;1H3/q;;+1;/p-1. The van der Waals surface area contributed by atoms with Crippen molar-refractivity contribution in [3.8, 4) is 5.40 Å². The summed E-state index contributed by atoms with van der Waals surface area (Å²) in [6.07, 6.45) is 0. The quantitative estimate of drug-likeness (QED) is 0.196. The fourth-order valence-corrected chi connectivity index (χ4v) is 0. The molecule has 0 aromatic carbocycles. The zero-order valence-electron chi connectivity index (χ0n) is 3.73. The van der Waals surface area contributed by atoms with Crippen molar-refractivity contribution in [1.82, 2.24) is 6.15 Å². The summed E-state index contributed by atoms with van der Waals surface area (Å²) in [5.41, 5.74) is 0. The molecule has 0 unspecified atom stereocenters. The van der Waals surface area contributed by atoms with Gasteiger partial charge in [-0.1, -0.05) is 5.40 Å². The Balaban J connectivity index is -0.00000000667. The maximum Gasteiger partial charge on any atom is 1.00 e. The molecule has 0 saturated carbocycles. The molecule has 0 amide bonds. The van der Waals surface area contributed by atoms with Crippen molar-refractivity contribution >= 4 is 12.6 Å². The van der Waals surface area contributed by atoms with Crippen LogP contribution < -0.4 is 37.4 Å². The second kappa shape index (κ2) is 47.6. The van der Waals surface area contributed by atoms with Gasteiger partial charge in [-0.15, -0.1) is 0 Å². The van der Waals surface area contributed by atoms with Crippen molar-refractivity contribution in [3.63, 3.8) is 0 Å². The van der Waals surface area contributed by atoms with Gasteiger partial charge in [-0.2, -0.15) is 0 Å². The molecule has 32 valence electrons.